The summed E-state index contributed by atoms with van der Waals surface area (Å²) in [7, 11) is 0. The zero-order valence-corrected chi connectivity index (χ0v) is 20.2. The van der Waals surface area contributed by atoms with E-state index in [1.54, 1.807) is 13.0 Å². The van der Waals surface area contributed by atoms with Crippen LogP contribution in [0.4, 0.5) is 30.7 Å². The number of benzene rings is 1. The molecule has 2 N–H and O–H groups in total. The number of amides is 1. The lowest BCUT2D eigenvalue weighted by molar-refractivity contribution is -0.143. The van der Waals surface area contributed by atoms with Gasteiger partial charge in [0.2, 0.25) is 5.91 Å². The molecule has 2 fully saturated rings. The van der Waals surface area contributed by atoms with Gasteiger partial charge in [-0.2, -0.15) is 26.3 Å². The van der Waals surface area contributed by atoms with Gasteiger partial charge in [0, 0.05) is 12.0 Å². The number of allylic oxidation sites excluding steroid dienone is 4. The van der Waals surface area contributed by atoms with Crippen LogP contribution in [0.15, 0.2) is 42.3 Å². The summed E-state index contributed by atoms with van der Waals surface area (Å²) in [4.78, 5) is 12.1. The van der Waals surface area contributed by atoms with E-state index in [1.807, 2.05) is 6.92 Å². The Labute approximate surface area is 209 Å². The highest BCUT2D eigenvalue weighted by Crippen LogP contribution is 2.54. The van der Waals surface area contributed by atoms with Crippen molar-refractivity contribution >= 4 is 5.91 Å². The van der Waals surface area contributed by atoms with Gasteiger partial charge >= 0.3 is 12.4 Å². The second-order valence-corrected chi connectivity index (χ2v) is 10.7. The van der Waals surface area contributed by atoms with E-state index in [0.717, 1.165) is 0 Å². The molecule has 204 valence electrons. The predicted molar refractivity (Wildman–Crippen MR) is 119 cm³/mol. The molecule has 0 radical (unpaired) electrons. The lowest BCUT2D eigenvalue weighted by Gasteiger charge is -2.45. The zero-order valence-electron chi connectivity index (χ0n) is 20.2. The van der Waals surface area contributed by atoms with Crippen LogP contribution in [0.1, 0.15) is 56.2 Å². The van der Waals surface area contributed by atoms with Gasteiger partial charge in [-0.3, -0.25) is 4.79 Å². The number of rotatable bonds is 5. The monoisotopic (exact) mass is 535 g/mol. The van der Waals surface area contributed by atoms with Crippen molar-refractivity contribution in [3.63, 3.8) is 0 Å². The number of alkyl halides is 6. The first kappa shape index (κ1) is 27.6. The molecule has 1 saturated heterocycles. The Morgan fingerprint density at radius 1 is 1.05 bits per heavy atom. The molecule has 1 unspecified atom stereocenters. The number of hydrogen-bond acceptors (Lipinski definition) is 3. The maximum absolute atomic E-state index is 13.8. The van der Waals surface area contributed by atoms with E-state index in [4.69, 9.17) is 4.74 Å². The molecular weight excluding hydrogens is 507 g/mol. The average Bonchev–Trinajstić information content (AvgIpc) is 3.35. The molecule has 2 aliphatic carbocycles. The van der Waals surface area contributed by atoms with Crippen molar-refractivity contribution in [3.8, 4) is 0 Å². The Hall–Kier alpha value is -2.40. The molecule has 1 aromatic rings. The maximum Gasteiger partial charge on any atom is 0.416 e. The third-order valence-electron chi connectivity index (χ3n) is 7.98. The number of aliphatic hydroxyl groups excluding tert-OH is 1. The summed E-state index contributed by atoms with van der Waals surface area (Å²) in [6.45, 7) is 3.20. The van der Waals surface area contributed by atoms with Crippen LogP contribution in [-0.2, 0) is 28.5 Å². The largest absolute Gasteiger partial charge is 0.416 e. The van der Waals surface area contributed by atoms with Gasteiger partial charge in [0.1, 0.15) is 11.9 Å². The number of carbonyl (C=O) groups is 1. The van der Waals surface area contributed by atoms with Crippen molar-refractivity contribution in [1.29, 1.82) is 0 Å². The zero-order chi connectivity index (χ0) is 27.4. The quantitative estimate of drug-likeness (QED) is 0.449. The SMILES string of the molecule is CC1([C@@H]2[C@@H](OCc3cc(C(F)(F)F)cc(C(F)(F)F)c3)CC[C@H]2[C@@]2(C)C[C@@H](O)C(=O)N2)C=CC(F)=CC1. The van der Waals surface area contributed by atoms with E-state index in [9.17, 15) is 40.6 Å². The molecule has 37 heavy (non-hydrogen) atoms. The maximum atomic E-state index is 13.8. The van der Waals surface area contributed by atoms with Gasteiger partial charge in [-0.25, -0.2) is 4.39 Å². The second-order valence-electron chi connectivity index (χ2n) is 10.7. The topological polar surface area (TPSA) is 58.6 Å². The fraction of sp³-hybridized carbons (Fsp3) is 0.577. The standard InChI is InChI=1S/C26H28F7NO3/c1-23(7-5-17(27)6-8-23)21-18(24(2)12-19(35)22(36)34-24)3-4-20(21)37-13-14-9-15(25(28,29)30)11-16(10-14)26(31,32)33/h5-7,9-11,18-21,35H,3-4,8,12-13H2,1-2H3,(H,34,36)/t18-,19-,20+,21+,23?,24-/m1/s1. The Kier molecular flexibility index (Phi) is 7.03. The fourth-order valence-electron chi connectivity index (χ4n) is 6.18. The van der Waals surface area contributed by atoms with Crippen molar-refractivity contribution in [1.82, 2.24) is 5.32 Å². The Balaban J connectivity index is 1.63. The minimum absolute atomic E-state index is 0.0710. The molecule has 0 bridgehead atoms. The lowest BCUT2D eigenvalue weighted by atomic mass is 9.63. The van der Waals surface area contributed by atoms with Crippen LogP contribution in [0.2, 0.25) is 0 Å². The number of carbonyl (C=O) groups excluding carboxylic acids is 1. The van der Waals surface area contributed by atoms with Crippen molar-refractivity contribution < 1.29 is 45.4 Å². The van der Waals surface area contributed by atoms with E-state index in [1.165, 1.54) is 12.2 Å². The summed E-state index contributed by atoms with van der Waals surface area (Å²) in [5.74, 6) is -1.53. The number of aliphatic hydroxyl groups is 1. The summed E-state index contributed by atoms with van der Waals surface area (Å²) >= 11 is 0. The molecule has 0 spiro atoms. The molecule has 3 aliphatic rings. The summed E-state index contributed by atoms with van der Waals surface area (Å²) in [6.07, 6.45) is -5.88. The van der Waals surface area contributed by atoms with Gasteiger partial charge in [-0.05, 0) is 79.4 Å². The molecule has 6 atom stereocenters. The Bertz CT molecular complexity index is 1080. The average molecular weight is 536 g/mol. The van der Waals surface area contributed by atoms with Crippen LogP contribution < -0.4 is 5.32 Å². The van der Waals surface area contributed by atoms with E-state index in [0.29, 0.717) is 31.4 Å². The highest BCUT2D eigenvalue weighted by molar-refractivity contribution is 5.84. The molecule has 1 amide bonds. The number of ether oxygens (including phenoxy) is 1. The van der Waals surface area contributed by atoms with Crippen LogP contribution in [-0.4, -0.2) is 28.8 Å². The summed E-state index contributed by atoms with van der Waals surface area (Å²) in [6, 6.07) is 1.36. The van der Waals surface area contributed by atoms with Gasteiger partial charge in [-0.1, -0.05) is 13.0 Å². The fourth-order valence-corrected chi connectivity index (χ4v) is 6.18. The van der Waals surface area contributed by atoms with Gasteiger partial charge in [0.05, 0.1) is 23.8 Å². The Morgan fingerprint density at radius 3 is 2.16 bits per heavy atom. The smallest absolute Gasteiger partial charge is 0.383 e. The van der Waals surface area contributed by atoms with Crippen molar-refractivity contribution in [3.05, 3.63) is 58.9 Å². The van der Waals surface area contributed by atoms with E-state index in [-0.39, 0.29) is 29.9 Å². The molecule has 1 aromatic carbocycles. The highest BCUT2D eigenvalue weighted by atomic mass is 19.4. The van der Waals surface area contributed by atoms with Crippen molar-refractivity contribution in [2.45, 2.75) is 76.2 Å². The minimum atomic E-state index is -4.97. The summed E-state index contributed by atoms with van der Waals surface area (Å²) < 4.78 is 99.5. The number of nitrogens with one attached hydrogen (secondary N) is 1. The molecule has 0 aromatic heterocycles. The van der Waals surface area contributed by atoms with E-state index >= 15 is 0 Å². The van der Waals surface area contributed by atoms with Crippen LogP contribution in [0, 0.1) is 17.3 Å². The predicted octanol–water partition coefficient (Wildman–Crippen LogP) is 6.09. The first-order chi connectivity index (χ1) is 17.0. The minimum Gasteiger partial charge on any atom is -0.383 e. The molecule has 1 heterocycles. The van der Waals surface area contributed by atoms with Crippen molar-refractivity contribution in [2.24, 2.45) is 17.3 Å². The van der Waals surface area contributed by atoms with Gasteiger partial charge in [-0.15, -0.1) is 0 Å². The Morgan fingerprint density at radius 2 is 1.68 bits per heavy atom. The molecule has 11 heteroatoms. The first-order valence-electron chi connectivity index (χ1n) is 12.0. The third kappa shape index (κ3) is 5.57. The van der Waals surface area contributed by atoms with Gasteiger partial charge in [0.15, 0.2) is 0 Å². The molecular formula is C26H28F7NO3. The van der Waals surface area contributed by atoms with Crippen LogP contribution >= 0.6 is 0 Å². The molecule has 4 rings (SSSR count). The highest BCUT2D eigenvalue weighted by Gasteiger charge is 2.56. The van der Waals surface area contributed by atoms with Crippen LogP contribution in [0.3, 0.4) is 0 Å². The number of hydrogen-bond donors (Lipinski definition) is 2. The van der Waals surface area contributed by atoms with Crippen LogP contribution in [0.25, 0.3) is 0 Å². The second kappa shape index (κ2) is 9.41. The summed E-state index contributed by atoms with van der Waals surface area (Å²) in [5, 5.41) is 12.9. The van der Waals surface area contributed by atoms with Crippen molar-refractivity contribution in [2.75, 3.05) is 0 Å². The van der Waals surface area contributed by atoms with Gasteiger partial charge < -0.3 is 15.2 Å². The normalized spacial score (nSPS) is 34.5. The third-order valence-corrected chi connectivity index (χ3v) is 7.98. The molecule has 4 nitrogen and oxygen atoms in total. The van der Waals surface area contributed by atoms with Gasteiger partial charge in [0.25, 0.3) is 0 Å². The van der Waals surface area contributed by atoms with Crippen LogP contribution in [0.5, 0.6) is 0 Å². The lowest BCUT2D eigenvalue weighted by Crippen LogP contribution is -2.51. The first-order valence-corrected chi connectivity index (χ1v) is 12.0. The molecule has 1 aliphatic heterocycles. The van der Waals surface area contributed by atoms with E-state index < -0.39 is 65.0 Å². The summed E-state index contributed by atoms with van der Waals surface area (Å²) in [5.41, 5.74) is -4.57. The van der Waals surface area contributed by atoms with E-state index in [2.05, 4.69) is 5.32 Å². The molecule has 1 saturated carbocycles. The number of halogens is 7.